The number of rotatable bonds is 4. The highest BCUT2D eigenvalue weighted by molar-refractivity contribution is 5.94. The van der Waals surface area contributed by atoms with Crippen molar-refractivity contribution < 1.29 is 14.7 Å². The number of aryl methyl sites for hydroxylation is 1. The highest BCUT2D eigenvalue weighted by Crippen LogP contribution is 2.17. The molecule has 0 aliphatic heterocycles. The number of hydrogen-bond acceptors (Lipinski definition) is 3. The normalized spacial score (nSPS) is 11.2. The van der Waals surface area contributed by atoms with Gasteiger partial charge in [0.05, 0.1) is 11.3 Å². The summed E-state index contributed by atoms with van der Waals surface area (Å²) in [5.74, 6) is -1.31. The molecular weight excluding hydrogens is 244 g/mol. The molecule has 0 aliphatic rings. The third-order valence-corrected chi connectivity index (χ3v) is 2.71. The van der Waals surface area contributed by atoms with Crippen molar-refractivity contribution in [3.05, 3.63) is 29.1 Å². The largest absolute Gasteiger partial charge is 0.478 e. The van der Waals surface area contributed by atoms with Crippen LogP contribution in [0, 0.1) is 12.3 Å². The van der Waals surface area contributed by atoms with E-state index in [1.165, 1.54) is 12.1 Å². The molecule has 1 aromatic rings. The highest BCUT2D eigenvalue weighted by Gasteiger charge is 2.14. The molecule has 0 aliphatic carbocycles. The average molecular weight is 264 g/mol. The molecule has 0 atom stereocenters. The lowest BCUT2D eigenvalue weighted by molar-refractivity contribution is 0.0694. The van der Waals surface area contributed by atoms with Crippen LogP contribution in [-0.4, -0.2) is 28.5 Å². The van der Waals surface area contributed by atoms with Gasteiger partial charge in [-0.15, -0.1) is 0 Å². The van der Waals surface area contributed by atoms with E-state index in [1.54, 1.807) is 6.92 Å². The predicted molar refractivity (Wildman–Crippen MR) is 72.3 cm³/mol. The molecule has 5 heteroatoms. The molecule has 0 bridgehead atoms. The lowest BCUT2D eigenvalue weighted by Gasteiger charge is -2.17. The first-order valence-corrected chi connectivity index (χ1v) is 6.20. The third-order valence-electron chi connectivity index (χ3n) is 2.71. The molecule has 0 radical (unpaired) electrons. The third kappa shape index (κ3) is 4.69. The SMILES string of the molecule is Cc1nc(C(=O)NCCC(C)(C)C)ccc1C(=O)O. The molecule has 19 heavy (non-hydrogen) atoms. The second-order valence-corrected chi connectivity index (χ2v) is 5.70. The van der Waals surface area contributed by atoms with Crippen LogP contribution in [0.2, 0.25) is 0 Å². The number of amides is 1. The van der Waals surface area contributed by atoms with Crippen LogP contribution in [-0.2, 0) is 0 Å². The lowest BCUT2D eigenvalue weighted by Crippen LogP contribution is -2.28. The Labute approximate surface area is 113 Å². The summed E-state index contributed by atoms with van der Waals surface area (Å²) in [6.45, 7) is 8.45. The number of pyridine rings is 1. The Morgan fingerprint density at radius 2 is 1.95 bits per heavy atom. The fourth-order valence-electron chi connectivity index (χ4n) is 1.56. The molecule has 0 fully saturated rings. The Hall–Kier alpha value is -1.91. The van der Waals surface area contributed by atoms with Gasteiger partial charge < -0.3 is 10.4 Å². The van der Waals surface area contributed by atoms with E-state index in [-0.39, 0.29) is 22.6 Å². The van der Waals surface area contributed by atoms with Gasteiger partial charge in [0.15, 0.2) is 0 Å². The number of carboxylic acids is 1. The summed E-state index contributed by atoms with van der Waals surface area (Å²) < 4.78 is 0. The van der Waals surface area contributed by atoms with Gasteiger partial charge in [-0.2, -0.15) is 0 Å². The van der Waals surface area contributed by atoms with Crippen LogP contribution < -0.4 is 5.32 Å². The topological polar surface area (TPSA) is 79.3 Å². The fraction of sp³-hybridized carbons (Fsp3) is 0.500. The molecule has 0 saturated carbocycles. The molecular formula is C14H20N2O3. The summed E-state index contributed by atoms with van der Waals surface area (Å²) in [5.41, 5.74) is 0.864. The van der Waals surface area contributed by atoms with E-state index in [0.717, 1.165) is 6.42 Å². The second kappa shape index (κ2) is 5.82. The molecule has 1 amide bonds. The molecule has 0 saturated heterocycles. The number of carbonyl (C=O) groups excluding carboxylic acids is 1. The minimum absolute atomic E-state index is 0.117. The predicted octanol–water partition coefficient (Wildman–Crippen LogP) is 2.25. The van der Waals surface area contributed by atoms with Gasteiger partial charge in [-0.05, 0) is 30.9 Å². The zero-order chi connectivity index (χ0) is 14.6. The summed E-state index contributed by atoms with van der Waals surface area (Å²) >= 11 is 0. The number of aromatic carboxylic acids is 1. The zero-order valence-corrected chi connectivity index (χ0v) is 11.8. The van der Waals surface area contributed by atoms with Crippen molar-refractivity contribution in [1.82, 2.24) is 10.3 Å². The molecule has 1 heterocycles. The van der Waals surface area contributed by atoms with Crippen molar-refractivity contribution in [2.75, 3.05) is 6.54 Å². The van der Waals surface area contributed by atoms with Crippen molar-refractivity contribution >= 4 is 11.9 Å². The van der Waals surface area contributed by atoms with Crippen molar-refractivity contribution in [3.63, 3.8) is 0 Å². The zero-order valence-electron chi connectivity index (χ0n) is 11.8. The van der Waals surface area contributed by atoms with Crippen LogP contribution in [0.3, 0.4) is 0 Å². The van der Waals surface area contributed by atoms with Crippen molar-refractivity contribution in [2.45, 2.75) is 34.1 Å². The number of aromatic nitrogens is 1. The van der Waals surface area contributed by atoms with Crippen LogP contribution in [0.1, 0.15) is 53.7 Å². The number of carboxylic acid groups (broad SMARTS) is 1. The Bertz CT molecular complexity index is 490. The monoisotopic (exact) mass is 264 g/mol. The van der Waals surface area contributed by atoms with Gasteiger partial charge in [-0.1, -0.05) is 20.8 Å². The van der Waals surface area contributed by atoms with Gasteiger partial charge in [-0.3, -0.25) is 4.79 Å². The quantitative estimate of drug-likeness (QED) is 0.874. The lowest BCUT2D eigenvalue weighted by atomic mass is 9.92. The maximum Gasteiger partial charge on any atom is 0.337 e. The first-order valence-electron chi connectivity index (χ1n) is 6.20. The molecule has 1 aromatic heterocycles. The van der Waals surface area contributed by atoms with Crippen molar-refractivity contribution in [2.24, 2.45) is 5.41 Å². The fourth-order valence-corrected chi connectivity index (χ4v) is 1.56. The maximum atomic E-state index is 11.8. The highest BCUT2D eigenvalue weighted by atomic mass is 16.4. The van der Waals surface area contributed by atoms with Crippen LogP contribution in [0.15, 0.2) is 12.1 Å². The van der Waals surface area contributed by atoms with Crippen molar-refractivity contribution in [3.8, 4) is 0 Å². The second-order valence-electron chi connectivity index (χ2n) is 5.70. The number of hydrogen-bond donors (Lipinski definition) is 2. The summed E-state index contributed by atoms with van der Waals surface area (Å²) in [5, 5.41) is 11.7. The van der Waals surface area contributed by atoms with E-state index >= 15 is 0 Å². The molecule has 5 nitrogen and oxygen atoms in total. The number of nitrogens with zero attached hydrogens (tertiary/aromatic N) is 1. The van der Waals surface area contributed by atoms with E-state index < -0.39 is 5.97 Å². The molecule has 1 rings (SSSR count). The standard InChI is InChI=1S/C14H20N2O3/c1-9-10(13(18)19)5-6-11(16-9)12(17)15-8-7-14(2,3)4/h5-6H,7-8H2,1-4H3,(H,15,17)(H,18,19). The van der Waals surface area contributed by atoms with E-state index in [1.807, 2.05) is 0 Å². The van der Waals surface area contributed by atoms with E-state index in [2.05, 4.69) is 31.1 Å². The molecule has 2 N–H and O–H groups in total. The van der Waals surface area contributed by atoms with Gasteiger partial charge in [0.1, 0.15) is 5.69 Å². The summed E-state index contributed by atoms with van der Waals surface area (Å²) in [6.07, 6.45) is 0.866. The van der Waals surface area contributed by atoms with Crippen LogP contribution >= 0.6 is 0 Å². The molecule has 0 unspecified atom stereocenters. The van der Waals surface area contributed by atoms with Crippen LogP contribution in [0.5, 0.6) is 0 Å². The Morgan fingerprint density at radius 1 is 1.32 bits per heavy atom. The van der Waals surface area contributed by atoms with Crippen LogP contribution in [0.25, 0.3) is 0 Å². The first-order chi connectivity index (χ1) is 8.70. The molecule has 0 aromatic carbocycles. The first kappa shape index (κ1) is 15.1. The summed E-state index contributed by atoms with van der Waals surface area (Å²) in [7, 11) is 0. The van der Waals surface area contributed by atoms with E-state index in [9.17, 15) is 9.59 Å². The van der Waals surface area contributed by atoms with E-state index in [4.69, 9.17) is 5.11 Å². The number of nitrogens with one attached hydrogen (secondary N) is 1. The summed E-state index contributed by atoms with van der Waals surface area (Å²) in [4.78, 5) is 26.7. The number of carbonyl (C=O) groups is 2. The Kier molecular flexibility index (Phi) is 4.64. The average Bonchev–Trinajstić information content (AvgIpc) is 2.26. The van der Waals surface area contributed by atoms with Gasteiger partial charge in [0, 0.05) is 6.54 Å². The van der Waals surface area contributed by atoms with Gasteiger partial charge in [0.2, 0.25) is 0 Å². The summed E-state index contributed by atoms with van der Waals surface area (Å²) in [6, 6.07) is 2.84. The maximum absolute atomic E-state index is 11.8. The minimum Gasteiger partial charge on any atom is -0.478 e. The van der Waals surface area contributed by atoms with E-state index in [0.29, 0.717) is 12.2 Å². The minimum atomic E-state index is -1.04. The van der Waals surface area contributed by atoms with Crippen LogP contribution in [0.4, 0.5) is 0 Å². The van der Waals surface area contributed by atoms with Gasteiger partial charge in [0.25, 0.3) is 5.91 Å². The Morgan fingerprint density at radius 3 is 2.42 bits per heavy atom. The van der Waals surface area contributed by atoms with Crippen molar-refractivity contribution in [1.29, 1.82) is 0 Å². The Balaban J connectivity index is 2.68. The van der Waals surface area contributed by atoms with Gasteiger partial charge in [-0.25, -0.2) is 9.78 Å². The molecule has 0 spiro atoms. The van der Waals surface area contributed by atoms with Gasteiger partial charge >= 0.3 is 5.97 Å². The molecule has 104 valence electrons. The smallest absolute Gasteiger partial charge is 0.337 e.